The fourth-order valence-corrected chi connectivity index (χ4v) is 3.24. The van der Waals surface area contributed by atoms with Crippen LogP contribution in [0, 0.1) is 5.92 Å². The molecule has 0 spiro atoms. The van der Waals surface area contributed by atoms with E-state index in [-0.39, 0.29) is 0 Å². The number of methoxy groups -OCH3 is 2. The second kappa shape index (κ2) is 7.07. The summed E-state index contributed by atoms with van der Waals surface area (Å²) in [6.07, 6.45) is 7.81. The van der Waals surface area contributed by atoms with Crippen LogP contribution < -0.4 is 14.8 Å². The number of imidazole rings is 1. The zero-order valence-electron chi connectivity index (χ0n) is 14.8. The number of ether oxygens (including phenoxy) is 2. The lowest BCUT2D eigenvalue weighted by Crippen LogP contribution is -2.37. The van der Waals surface area contributed by atoms with Gasteiger partial charge in [0.2, 0.25) is 5.82 Å². The Labute approximate surface area is 151 Å². The minimum atomic E-state index is 0.363. The SMILES string of the molecule is COc1ccc(-c2noc(NC3CC(Cn4ccnc4)C3)n2)cc1OC. The van der Waals surface area contributed by atoms with Gasteiger partial charge in [-0.25, -0.2) is 4.98 Å². The van der Waals surface area contributed by atoms with Crippen molar-refractivity contribution in [3.05, 3.63) is 36.9 Å². The Morgan fingerprint density at radius 3 is 2.81 bits per heavy atom. The highest BCUT2D eigenvalue weighted by Crippen LogP contribution is 2.33. The van der Waals surface area contributed by atoms with Crippen LogP contribution >= 0.6 is 0 Å². The van der Waals surface area contributed by atoms with Crippen LogP contribution in [0.5, 0.6) is 11.5 Å². The first-order chi connectivity index (χ1) is 12.7. The summed E-state index contributed by atoms with van der Waals surface area (Å²) in [5, 5.41) is 7.36. The highest BCUT2D eigenvalue weighted by Gasteiger charge is 2.30. The number of benzene rings is 1. The first-order valence-corrected chi connectivity index (χ1v) is 8.53. The Balaban J connectivity index is 1.35. The average molecular weight is 355 g/mol. The summed E-state index contributed by atoms with van der Waals surface area (Å²) in [7, 11) is 3.20. The van der Waals surface area contributed by atoms with Crippen LogP contribution in [0.25, 0.3) is 11.4 Å². The van der Waals surface area contributed by atoms with E-state index < -0.39 is 0 Å². The number of nitrogens with one attached hydrogen (secondary N) is 1. The zero-order chi connectivity index (χ0) is 17.9. The molecule has 1 aliphatic rings. The van der Waals surface area contributed by atoms with Crippen molar-refractivity contribution >= 4 is 6.01 Å². The molecule has 1 saturated carbocycles. The molecule has 2 heterocycles. The van der Waals surface area contributed by atoms with E-state index in [0.717, 1.165) is 24.9 Å². The number of nitrogens with zero attached hydrogens (tertiary/aromatic N) is 4. The summed E-state index contributed by atoms with van der Waals surface area (Å²) < 4.78 is 18.0. The summed E-state index contributed by atoms with van der Waals surface area (Å²) in [6, 6.07) is 6.34. The van der Waals surface area contributed by atoms with E-state index in [4.69, 9.17) is 14.0 Å². The Morgan fingerprint density at radius 1 is 1.23 bits per heavy atom. The molecule has 4 rings (SSSR count). The van der Waals surface area contributed by atoms with E-state index in [1.54, 1.807) is 14.2 Å². The number of anilines is 1. The quantitative estimate of drug-likeness (QED) is 0.697. The summed E-state index contributed by atoms with van der Waals surface area (Å²) >= 11 is 0. The van der Waals surface area contributed by atoms with Crippen LogP contribution in [0.3, 0.4) is 0 Å². The van der Waals surface area contributed by atoms with Crippen LogP contribution in [-0.2, 0) is 6.54 Å². The van der Waals surface area contributed by atoms with Crippen molar-refractivity contribution in [1.82, 2.24) is 19.7 Å². The van der Waals surface area contributed by atoms with Crippen LogP contribution in [0.15, 0.2) is 41.4 Å². The molecule has 1 fully saturated rings. The number of rotatable bonds is 7. The van der Waals surface area contributed by atoms with Crippen LogP contribution in [-0.4, -0.2) is 40.0 Å². The molecule has 0 amide bonds. The van der Waals surface area contributed by atoms with E-state index in [0.29, 0.717) is 35.3 Å². The van der Waals surface area contributed by atoms with E-state index >= 15 is 0 Å². The monoisotopic (exact) mass is 355 g/mol. The molecule has 1 N–H and O–H groups in total. The summed E-state index contributed by atoms with van der Waals surface area (Å²) in [6.45, 7) is 0.999. The van der Waals surface area contributed by atoms with Gasteiger partial charge < -0.3 is 23.9 Å². The van der Waals surface area contributed by atoms with Gasteiger partial charge in [-0.3, -0.25) is 0 Å². The molecule has 0 bridgehead atoms. The average Bonchev–Trinajstić information content (AvgIpc) is 3.31. The molecule has 0 atom stereocenters. The van der Waals surface area contributed by atoms with Crippen molar-refractivity contribution in [1.29, 1.82) is 0 Å². The smallest absolute Gasteiger partial charge is 0.322 e. The fraction of sp³-hybridized carbons (Fsp3) is 0.389. The first-order valence-electron chi connectivity index (χ1n) is 8.53. The third-order valence-corrected chi connectivity index (χ3v) is 4.66. The van der Waals surface area contributed by atoms with E-state index in [2.05, 4.69) is 25.0 Å². The van der Waals surface area contributed by atoms with Gasteiger partial charge in [-0.15, -0.1) is 0 Å². The van der Waals surface area contributed by atoms with Gasteiger partial charge >= 0.3 is 6.01 Å². The largest absolute Gasteiger partial charge is 0.493 e. The van der Waals surface area contributed by atoms with Crippen molar-refractivity contribution in [3.8, 4) is 22.9 Å². The van der Waals surface area contributed by atoms with Gasteiger partial charge in [0.15, 0.2) is 11.5 Å². The predicted octanol–water partition coefficient (Wildman–Crippen LogP) is 2.84. The van der Waals surface area contributed by atoms with Crippen molar-refractivity contribution in [2.24, 2.45) is 5.92 Å². The molecule has 3 aromatic rings. The molecule has 0 aliphatic heterocycles. The Hall–Kier alpha value is -3.03. The second-order valence-electron chi connectivity index (χ2n) is 6.43. The zero-order valence-corrected chi connectivity index (χ0v) is 14.8. The highest BCUT2D eigenvalue weighted by atomic mass is 16.5. The van der Waals surface area contributed by atoms with Crippen molar-refractivity contribution in [2.75, 3.05) is 19.5 Å². The summed E-state index contributed by atoms with van der Waals surface area (Å²) in [4.78, 5) is 8.51. The lowest BCUT2D eigenvalue weighted by molar-refractivity contribution is 0.244. The van der Waals surface area contributed by atoms with Crippen molar-refractivity contribution < 1.29 is 14.0 Å². The summed E-state index contributed by atoms with van der Waals surface area (Å²) in [5.41, 5.74) is 0.811. The maximum absolute atomic E-state index is 5.34. The fourth-order valence-electron chi connectivity index (χ4n) is 3.24. The maximum atomic E-state index is 5.34. The Bertz CT molecular complexity index is 856. The maximum Gasteiger partial charge on any atom is 0.322 e. The molecule has 136 valence electrons. The molecule has 1 aromatic carbocycles. The van der Waals surface area contributed by atoms with Gasteiger partial charge in [-0.1, -0.05) is 5.16 Å². The summed E-state index contributed by atoms with van der Waals surface area (Å²) in [5.74, 6) is 2.46. The molecule has 0 saturated heterocycles. The molecular formula is C18H21N5O3. The molecular weight excluding hydrogens is 334 g/mol. The molecule has 8 nitrogen and oxygen atoms in total. The number of aromatic nitrogens is 4. The Morgan fingerprint density at radius 2 is 2.08 bits per heavy atom. The minimum absolute atomic E-state index is 0.363. The molecule has 26 heavy (non-hydrogen) atoms. The third-order valence-electron chi connectivity index (χ3n) is 4.66. The molecule has 1 aliphatic carbocycles. The van der Waals surface area contributed by atoms with Crippen LogP contribution in [0.1, 0.15) is 12.8 Å². The molecule has 2 aromatic heterocycles. The third kappa shape index (κ3) is 3.35. The molecule has 8 heteroatoms. The van der Waals surface area contributed by atoms with Crippen LogP contribution in [0.2, 0.25) is 0 Å². The predicted molar refractivity (Wildman–Crippen MR) is 95.2 cm³/mol. The van der Waals surface area contributed by atoms with Crippen molar-refractivity contribution in [2.45, 2.75) is 25.4 Å². The lowest BCUT2D eigenvalue weighted by atomic mass is 9.80. The van der Waals surface area contributed by atoms with Gasteiger partial charge in [-0.05, 0) is 37.0 Å². The molecule has 0 radical (unpaired) electrons. The number of hydrogen-bond donors (Lipinski definition) is 1. The minimum Gasteiger partial charge on any atom is -0.493 e. The lowest BCUT2D eigenvalue weighted by Gasteiger charge is -2.35. The van der Waals surface area contributed by atoms with Gasteiger partial charge in [0.1, 0.15) is 0 Å². The highest BCUT2D eigenvalue weighted by molar-refractivity contribution is 5.61. The van der Waals surface area contributed by atoms with E-state index in [1.165, 1.54) is 0 Å². The van der Waals surface area contributed by atoms with Crippen LogP contribution in [0.4, 0.5) is 6.01 Å². The second-order valence-corrected chi connectivity index (χ2v) is 6.43. The van der Waals surface area contributed by atoms with Gasteiger partial charge in [0.25, 0.3) is 0 Å². The van der Waals surface area contributed by atoms with E-state index in [9.17, 15) is 0 Å². The van der Waals surface area contributed by atoms with Gasteiger partial charge in [-0.2, -0.15) is 4.98 Å². The number of hydrogen-bond acceptors (Lipinski definition) is 7. The first kappa shape index (κ1) is 16.4. The van der Waals surface area contributed by atoms with Gasteiger partial charge in [0, 0.05) is 30.5 Å². The van der Waals surface area contributed by atoms with Crippen molar-refractivity contribution in [3.63, 3.8) is 0 Å². The topological polar surface area (TPSA) is 87.2 Å². The standard InChI is InChI=1S/C18H21N5O3/c1-24-15-4-3-13(9-16(15)25-2)17-21-18(26-22-17)20-14-7-12(8-14)10-23-6-5-19-11-23/h3-6,9,11-12,14H,7-8,10H2,1-2H3,(H,20,21,22). The normalized spacial score (nSPS) is 19.0. The Kier molecular flexibility index (Phi) is 4.47. The van der Waals surface area contributed by atoms with E-state index in [1.807, 2.05) is 36.9 Å². The molecule has 0 unspecified atom stereocenters. The van der Waals surface area contributed by atoms with Gasteiger partial charge in [0.05, 0.1) is 20.5 Å².